The lowest BCUT2D eigenvalue weighted by atomic mass is 10.1. The van der Waals surface area contributed by atoms with Gasteiger partial charge in [-0.25, -0.2) is 9.37 Å². The van der Waals surface area contributed by atoms with Crippen molar-refractivity contribution in [3.8, 4) is 22.5 Å². The Morgan fingerprint density at radius 1 is 0.889 bits per heavy atom. The number of nitrogens with one attached hydrogen (secondary N) is 2. The molecule has 27 heavy (non-hydrogen) atoms. The second-order valence-corrected chi connectivity index (χ2v) is 5.87. The number of carbonyl (C=O) groups excluding carboxylic acids is 1. The van der Waals surface area contributed by atoms with E-state index in [0.717, 1.165) is 11.1 Å². The number of halogens is 1. The standard InChI is InChI=1S/C21H15FN4O/c22-17-8-6-14(7-9-17)18-19(15-10-12-23-13-11-15)25-21(24-18)26-20(27)16-4-2-1-3-5-16/h1-13H,(H2,24,25,26,27). The number of amides is 1. The number of H-pyrrole nitrogens is 1. The van der Waals surface area contributed by atoms with E-state index < -0.39 is 0 Å². The van der Waals surface area contributed by atoms with Gasteiger partial charge in [-0.2, -0.15) is 0 Å². The third kappa shape index (κ3) is 3.59. The van der Waals surface area contributed by atoms with Crippen molar-refractivity contribution in [1.29, 1.82) is 0 Å². The van der Waals surface area contributed by atoms with Crippen LogP contribution >= 0.6 is 0 Å². The van der Waals surface area contributed by atoms with Crippen LogP contribution in [0.2, 0.25) is 0 Å². The van der Waals surface area contributed by atoms with Crippen LogP contribution in [0.1, 0.15) is 10.4 Å². The van der Waals surface area contributed by atoms with E-state index in [1.165, 1.54) is 12.1 Å². The number of aromatic nitrogens is 3. The molecule has 0 aliphatic heterocycles. The summed E-state index contributed by atoms with van der Waals surface area (Å²) >= 11 is 0. The van der Waals surface area contributed by atoms with Gasteiger partial charge < -0.3 is 4.98 Å². The monoisotopic (exact) mass is 358 g/mol. The summed E-state index contributed by atoms with van der Waals surface area (Å²) in [4.78, 5) is 24.1. The SMILES string of the molecule is O=C(Nc1nc(-c2ccc(F)cc2)c(-c2ccncc2)[nH]1)c1ccccc1. The highest BCUT2D eigenvalue weighted by molar-refractivity contribution is 6.03. The first kappa shape index (κ1) is 16.7. The van der Waals surface area contributed by atoms with E-state index in [1.807, 2.05) is 18.2 Å². The minimum Gasteiger partial charge on any atom is -0.323 e. The van der Waals surface area contributed by atoms with Crippen molar-refractivity contribution in [3.05, 3.63) is 90.5 Å². The summed E-state index contributed by atoms with van der Waals surface area (Å²) in [7, 11) is 0. The molecule has 4 rings (SSSR count). The van der Waals surface area contributed by atoms with Gasteiger partial charge in [0.1, 0.15) is 5.82 Å². The van der Waals surface area contributed by atoms with Gasteiger partial charge in [-0.1, -0.05) is 18.2 Å². The van der Waals surface area contributed by atoms with Crippen molar-refractivity contribution >= 4 is 11.9 Å². The Hall–Kier alpha value is -3.80. The first-order chi connectivity index (χ1) is 13.2. The number of pyridine rings is 1. The van der Waals surface area contributed by atoms with Crippen molar-refractivity contribution in [2.75, 3.05) is 5.32 Å². The smallest absolute Gasteiger partial charge is 0.257 e. The maximum absolute atomic E-state index is 13.3. The minimum atomic E-state index is -0.322. The Bertz CT molecular complexity index is 1060. The highest BCUT2D eigenvalue weighted by atomic mass is 19.1. The first-order valence-corrected chi connectivity index (χ1v) is 8.33. The number of carbonyl (C=O) groups is 1. The number of benzene rings is 2. The molecule has 2 heterocycles. The third-order valence-corrected chi connectivity index (χ3v) is 4.06. The molecule has 0 aliphatic carbocycles. The molecule has 0 radical (unpaired) electrons. The summed E-state index contributed by atoms with van der Waals surface area (Å²) in [5.74, 6) is -0.274. The summed E-state index contributed by atoms with van der Waals surface area (Å²) in [6, 6.07) is 18.6. The average Bonchev–Trinajstić information content (AvgIpc) is 3.13. The van der Waals surface area contributed by atoms with Crippen LogP contribution in [0.25, 0.3) is 22.5 Å². The van der Waals surface area contributed by atoms with Crippen LogP contribution in [-0.2, 0) is 0 Å². The number of rotatable bonds is 4. The molecule has 0 atom stereocenters. The van der Waals surface area contributed by atoms with Gasteiger partial charge in [-0.05, 0) is 48.5 Å². The van der Waals surface area contributed by atoms with Crippen molar-refractivity contribution < 1.29 is 9.18 Å². The molecule has 5 nitrogen and oxygen atoms in total. The topological polar surface area (TPSA) is 70.7 Å². The van der Waals surface area contributed by atoms with Gasteiger partial charge >= 0.3 is 0 Å². The number of imidazole rings is 1. The first-order valence-electron chi connectivity index (χ1n) is 8.33. The van der Waals surface area contributed by atoms with E-state index >= 15 is 0 Å². The normalized spacial score (nSPS) is 10.6. The van der Waals surface area contributed by atoms with Crippen LogP contribution < -0.4 is 5.32 Å². The summed E-state index contributed by atoms with van der Waals surface area (Å²) in [6.45, 7) is 0. The molecule has 0 fully saturated rings. The molecule has 6 heteroatoms. The summed E-state index contributed by atoms with van der Waals surface area (Å²) in [5, 5.41) is 2.77. The van der Waals surface area contributed by atoms with E-state index in [1.54, 1.807) is 48.8 Å². The summed E-state index contributed by atoms with van der Waals surface area (Å²) in [5.41, 5.74) is 3.45. The lowest BCUT2D eigenvalue weighted by Crippen LogP contribution is -2.12. The highest BCUT2D eigenvalue weighted by Gasteiger charge is 2.16. The van der Waals surface area contributed by atoms with Gasteiger partial charge in [0.2, 0.25) is 5.95 Å². The summed E-state index contributed by atoms with van der Waals surface area (Å²) < 4.78 is 13.3. The maximum Gasteiger partial charge on any atom is 0.257 e. The molecule has 0 saturated carbocycles. The fraction of sp³-hybridized carbons (Fsp3) is 0. The molecule has 0 unspecified atom stereocenters. The number of aromatic amines is 1. The van der Waals surface area contributed by atoms with Gasteiger partial charge in [-0.3, -0.25) is 15.1 Å². The maximum atomic E-state index is 13.3. The highest BCUT2D eigenvalue weighted by Crippen LogP contribution is 2.31. The molecule has 0 spiro atoms. The molecule has 2 N–H and O–H groups in total. The Balaban J connectivity index is 1.74. The van der Waals surface area contributed by atoms with Gasteiger partial charge in [-0.15, -0.1) is 0 Å². The van der Waals surface area contributed by atoms with Crippen LogP contribution in [0.15, 0.2) is 79.1 Å². The van der Waals surface area contributed by atoms with E-state index in [-0.39, 0.29) is 11.7 Å². The second-order valence-electron chi connectivity index (χ2n) is 5.87. The zero-order valence-electron chi connectivity index (χ0n) is 14.2. The lowest BCUT2D eigenvalue weighted by Gasteiger charge is -2.02. The number of hydrogen-bond donors (Lipinski definition) is 2. The van der Waals surface area contributed by atoms with Crippen LogP contribution in [0.5, 0.6) is 0 Å². The molecule has 0 bridgehead atoms. The van der Waals surface area contributed by atoms with Gasteiger partial charge in [0.05, 0.1) is 11.4 Å². The van der Waals surface area contributed by atoms with Gasteiger partial charge in [0.25, 0.3) is 5.91 Å². The lowest BCUT2D eigenvalue weighted by molar-refractivity contribution is 0.102. The Morgan fingerprint density at radius 2 is 1.59 bits per heavy atom. The molecule has 0 saturated heterocycles. The molecule has 132 valence electrons. The predicted molar refractivity (Wildman–Crippen MR) is 102 cm³/mol. The van der Waals surface area contributed by atoms with E-state index in [9.17, 15) is 9.18 Å². The number of nitrogens with zero attached hydrogens (tertiary/aromatic N) is 2. The molecule has 2 aromatic carbocycles. The van der Waals surface area contributed by atoms with Gasteiger partial charge in [0.15, 0.2) is 0 Å². The summed E-state index contributed by atoms with van der Waals surface area (Å²) in [6.07, 6.45) is 3.35. The van der Waals surface area contributed by atoms with Crippen LogP contribution in [0, 0.1) is 5.82 Å². The fourth-order valence-electron chi connectivity index (χ4n) is 2.75. The predicted octanol–water partition coefficient (Wildman–Crippen LogP) is 4.53. The molecule has 0 aliphatic rings. The van der Waals surface area contributed by atoms with Crippen LogP contribution in [-0.4, -0.2) is 20.9 Å². The van der Waals surface area contributed by atoms with E-state index in [2.05, 4.69) is 20.3 Å². The van der Waals surface area contributed by atoms with Crippen LogP contribution in [0.3, 0.4) is 0 Å². The van der Waals surface area contributed by atoms with E-state index in [0.29, 0.717) is 22.9 Å². The molecule has 2 aromatic heterocycles. The largest absolute Gasteiger partial charge is 0.323 e. The molecular weight excluding hydrogens is 343 g/mol. The minimum absolute atomic E-state index is 0.267. The Labute approximate surface area is 154 Å². The quantitative estimate of drug-likeness (QED) is 0.563. The second kappa shape index (κ2) is 7.21. The van der Waals surface area contributed by atoms with Crippen LogP contribution in [0.4, 0.5) is 10.3 Å². The fourth-order valence-corrected chi connectivity index (χ4v) is 2.75. The number of hydrogen-bond acceptors (Lipinski definition) is 3. The Kier molecular flexibility index (Phi) is 4.45. The Morgan fingerprint density at radius 3 is 2.30 bits per heavy atom. The van der Waals surface area contributed by atoms with Gasteiger partial charge in [0, 0.05) is 29.1 Å². The molecule has 4 aromatic rings. The van der Waals surface area contributed by atoms with Crippen molar-refractivity contribution in [2.24, 2.45) is 0 Å². The van der Waals surface area contributed by atoms with Crippen molar-refractivity contribution in [3.63, 3.8) is 0 Å². The van der Waals surface area contributed by atoms with Crippen molar-refractivity contribution in [1.82, 2.24) is 15.0 Å². The molecular formula is C21H15FN4O. The van der Waals surface area contributed by atoms with Crippen molar-refractivity contribution in [2.45, 2.75) is 0 Å². The molecule has 1 amide bonds. The average molecular weight is 358 g/mol. The number of anilines is 1. The zero-order valence-corrected chi connectivity index (χ0v) is 14.2. The van der Waals surface area contributed by atoms with E-state index in [4.69, 9.17) is 0 Å². The third-order valence-electron chi connectivity index (χ3n) is 4.06. The zero-order chi connectivity index (χ0) is 18.6.